The smallest absolute Gasteiger partial charge is 0.307 e. The third-order valence-corrected chi connectivity index (χ3v) is 3.36. The Balaban J connectivity index is 2.44. The Labute approximate surface area is 102 Å². The van der Waals surface area contributed by atoms with E-state index in [1.807, 2.05) is 0 Å². The normalized spacial score (nSPS) is 24.0. The summed E-state index contributed by atoms with van der Waals surface area (Å²) in [4.78, 5) is 22.5. The number of ketones is 1. The number of carbonyl (C=O) groups excluding carboxylic acids is 1. The standard InChI is InChI=1S/C13H12F2O3/c14-10-2-1-3-11(15)12(10)9-6-7(16)4-5-8(9)13(17)18/h1-3,8-9H,4-6H2,(H,17,18)/t8-,9-/m1/s1. The Bertz CT molecular complexity index is 479. The lowest BCUT2D eigenvalue weighted by Gasteiger charge is -2.28. The fourth-order valence-electron chi connectivity index (χ4n) is 2.47. The molecular weight excluding hydrogens is 242 g/mol. The van der Waals surface area contributed by atoms with Gasteiger partial charge in [0, 0.05) is 24.3 Å². The second-order valence-corrected chi connectivity index (χ2v) is 4.47. The van der Waals surface area contributed by atoms with Crippen LogP contribution in [0.25, 0.3) is 0 Å². The maximum Gasteiger partial charge on any atom is 0.307 e. The van der Waals surface area contributed by atoms with Crippen LogP contribution in [0, 0.1) is 17.6 Å². The fourth-order valence-corrected chi connectivity index (χ4v) is 2.47. The molecule has 96 valence electrons. The van der Waals surface area contributed by atoms with E-state index < -0.39 is 29.4 Å². The van der Waals surface area contributed by atoms with E-state index in [0.717, 1.165) is 12.1 Å². The van der Waals surface area contributed by atoms with Crippen LogP contribution in [0.5, 0.6) is 0 Å². The minimum Gasteiger partial charge on any atom is -0.481 e. The van der Waals surface area contributed by atoms with Crippen molar-refractivity contribution in [3.63, 3.8) is 0 Å². The summed E-state index contributed by atoms with van der Waals surface area (Å²) in [5.74, 6) is -4.67. The molecular formula is C13H12F2O3. The van der Waals surface area contributed by atoms with Gasteiger partial charge in [0.2, 0.25) is 0 Å². The molecule has 0 spiro atoms. The van der Waals surface area contributed by atoms with Crippen LogP contribution in [-0.2, 0) is 9.59 Å². The quantitative estimate of drug-likeness (QED) is 0.882. The Morgan fingerprint density at radius 3 is 2.44 bits per heavy atom. The van der Waals surface area contributed by atoms with Crippen LogP contribution >= 0.6 is 0 Å². The van der Waals surface area contributed by atoms with Gasteiger partial charge < -0.3 is 5.11 Å². The average Bonchev–Trinajstić information content (AvgIpc) is 2.28. The molecule has 1 saturated carbocycles. The third kappa shape index (κ3) is 2.25. The van der Waals surface area contributed by atoms with Gasteiger partial charge in [-0.3, -0.25) is 9.59 Å². The zero-order valence-electron chi connectivity index (χ0n) is 9.53. The summed E-state index contributed by atoms with van der Waals surface area (Å²) >= 11 is 0. The second-order valence-electron chi connectivity index (χ2n) is 4.47. The minimum atomic E-state index is -1.12. The second kappa shape index (κ2) is 4.84. The van der Waals surface area contributed by atoms with Gasteiger partial charge in [-0.1, -0.05) is 6.07 Å². The molecule has 0 radical (unpaired) electrons. The van der Waals surface area contributed by atoms with E-state index in [0.29, 0.717) is 0 Å². The summed E-state index contributed by atoms with van der Waals surface area (Å²) in [7, 11) is 0. The van der Waals surface area contributed by atoms with Gasteiger partial charge in [0.15, 0.2) is 0 Å². The maximum atomic E-state index is 13.7. The molecule has 1 aliphatic rings. The third-order valence-electron chi connectivity index (χ3n) is 3.36. The molecule has 1 fully saturated rings. The first-order chi connectivity index (χ1) is 8.50. The summed E-state index contributed by atoms with van der Waals surface area (Å²) in [6.07, 6.45) is 0.172. The molecule has 0 aliphatic heterocycles. The number of carboxylic acids is 1. The van der Waals surface area contributed by atoms with Crippen molar-refractivity contribution in [2.75, 3.05) is 0 Å². The van der Waals surface area contributed by atoms with Crippen molar-refractivity contribution in [3.05, 3.63) is 35.4 Å². The highest BCUT2D eigenvalue weighted by atomic mass is 19.1. The molecule has 2 rings (SSSR count). The van der Waals surface area contributed by atoms with E-state index in [9.17, 15) is 18.4 Å². The van der Waals surface area contributed by atoms with E-state index in [1.165, 1.54) is 6.07 Å². The number of halogens is 2. The Morgan fingerprint density at radius 1 is 1.28 bits per heavy atom. The van der Waals surface area contributed by atoms with E-state index in [2.05, 4.69) is 0 Å². The highest BCUT2D eigenvalue weighted by molar-refractivity contribution is 5.83. The number of carbonyl (C=O) groups is 2. The number of hydrogen-bond donors (Lipinski definition) is 1. The molecule has 0 unspecified atom stereocenters. The van der Waals surface area contributed by atoms with Gasteiger partial charge in [-0.25, -0.2) is 8.78 Å². The molecule has 1 aliphatic carbocycles. The minimum absolute atomic E-state index is 0.116. The van der Waals surface area contributed by atoms with Gasteiger partial charge >= 0.3 is 5.97 Å². The van der Waals surface area contributed by atoms with Crippen LogP contribution in [0.4, 0.5) is 8.78 Å². The molecule has 5 heteroatoms. The largest absolute Gasteiger partial charge is 0.481 e. The SMILES string of the molecule is O=C1CC[C@@H](C(=O)O)[C@H](c2c(F)cccc2F)C1. The van der Waals surface area contributed by atoms with Crippen LogP contribution in [0.1, 0.15) is 30.7 Å². The summed E-state index contributed by atoms with van der Waals surface area (Å²) in [5, 5.41) is 9.08. The van der Waals surface area contributed by atoms with E-state index >= 15 is 0 Å². The lowest BCUT2D eigenvalue weighted by Crippen LogP contribution is -2.30. The van der Waals surface area contributed by atoms with Gasteiger partial charge in [0.1, 0.15) is 17.4 Å². The van der Waals surface area contributed by atoms with Crippen LogP contribution in [-0.4, -0.2) is 16.9 Å². The van der Waals surface area contributed by atoms with Crippen molar-refractivity contribution in [2.24, 2.45) is 5.92 Å². The van der Waals surface area contributed by atoms with Gasteiger partial charge in [0.25, 0.3) is 0 Å². The number of Topliss-reactive ketones (excluding diaryl/α,β-unsaturated/α-hetero) is 1. The first-order valence-electron chi connectivity index (χ1n) is 5.69. The maximum absolute atomic E-state index is 13.7. The summed E-state index contributed by atoms with van der Waals surface area (Å²) in [6, 6.07) is 3.38. The molecule has 1 aromatic carbocycles. The van der Waals surface area contributed by atoms with Gasteiger partial charge in [-0.15, -0.1) is 0 Å². The Morgan fingerprint density at radius 2 is 1.89 bits per heavy atom. The first kappa shape index (κ1) is 12.7. The zero-order valence-corrected chi connectivity index (χ0v) is 9.53. The Kier molecular flexibility index (Phi) is 3.41. The fraction of sp³-hybridized carbons (Fsp3) is 0.385. The number of aliphatic carboxylic acids is 1. The van der Waals surface area contributed by atoms with E-state index in [-0.39, 0.29) is 30.6 Å². The van der Waals surface area contributed by atoms with Crippen molar-refractivity contribution in [1.29, 1.82) is 0 Å². The lowest BCUT2D eigenvalue weighted by molar-refractivity contribution is -0.144. The van der Waals surface area contributed by atoms with Gasteiger partial charge in [0.05, 0.1) is 5.92 Å². The molecule has 0 aromatic heterocycles. The molecule has 0 amide bonds. The predicted molar refractivity (Wildman–Crippen MR) is 59.1 cm³/mol. The number of hydrogen-bond acceptors (Lipinski definition) is 2. The number of rotatable bonds is 2. The molecule has 3 nitrogen and oxygen atoms in total. The highest BCUT2D eigenvalue weighted by Crippen LogP contribution is 2.38. The molecule has 0 saturated heterocycles. The summed E-state index contributed by atoms with van der Waals surface area (Å²) < 4.78 is 27.3. The van der Waals surface area contributed by atoms with E-state index in [1.54, 1.807) is 0 Å². The highest BCUT2D eigenvalue weighted by Gasteiger charge is 2.37. The Hall–Kier alpha value is -1.78. The van der Waals surface area contributed by atoms with Gasteiger partial charge in [-0.05, 0) is 18.6 Å². The molecule has 1 N–H and O–H groups in total. The summed E-state index contributed by atoms with van der Waals surface area (Å²) in [6.45, 7) is 0. The van der Waals surface area contributed by atoms with Crippen LogP contribution < -0.4 is 0 Å². The van der Waals surface area contributed by atoms with Crippen LogP contribution in [0.2, 0.25) is 0 Å². The number of carboxylic acid groups (broad SMARTS) is 1. The summed E-state index contributed by atoms with van der Waals surface area (Å²) in [5.41, 5.74) is -0.280. The van der Waals surface area contributed by atoms with Crippen molar-refractivity contribution in [3.8, 4) is 0 Å². The molecule has 2 atom stereocenters. The molecule has 0 heterocycles. The average molecular weight is 254 g/mol. The van der Waals surface area contributed by atoms with Crippen LogP contribution in [0.3, 0.4) is 0 Å². The van der Waals surface area contributed by atoms with Crippen LogP contribution in [0.15, 0.2) is 18.2 Å². The van der Waals surface area contributed by atoms with Crippen molar-refractivity contribution in [1.82, 2.24) is 0 Å². The first-order valence-corrected chi connectivity index (χ1v) is 5.69. The number of benzene rings is 1. The predicted octanol–water partition coefficient (Wildman–Crippen LogP) is 2.50. The monoisotopic (exact) mass is 254 g/mol. The molecule has 1 aromatic rings. The zero-order chi connectivity index (χ0) is 13.3. The lowest BCUT2D eigenvalue weighted by atomic mass is 9.74. The topological polar surface area (TPSA) is 54.4 Å². The van der Waals surface area contributed by atoms with E-state index in [4.69, 9.17) is 5.11 Å². The molecule has 18 heavy (non-hydrogen) atoms. The van der Waals surface area contributed by atoms with Crippen molar-refractivity contribution < 1.29 is 23.5 Å². The van der Waals surface area contributed by atoms with Crippen molar-refractivity contribution in [2.45, 2.75) is 25.2 Å². The molecule has 0 bridgehead atoms. The van der Waals surface area contributed by atoms with Crippen molar-refractivity contribution >= 4 is 11.8 Å². The van der Waals surface area contributed by atoms with Gasteiger partial charge in [-0.2, -0.15) is 0 Å².